The van der Waals surface area contributed by atoms with E-state index in [1.54, 1.807) is 0 Å². The first kappa shape index (κ1) is 16.2. The van der Waals surface area contributed by atoms with E-state index in [0.717, 1.165) is 22.6 Å². The van der Waals surface area contributed by atoms with Gasteiger partial charge in [-0.2, -0.15) is 5.10 Å². The van der Waals surface area contributed by atoms with Crippen molar-refractivity contribution in [2.75, 3.05) is 13.1 Å². The van der Waals surface area contributed by atoms with Crippen LogP contribution in [-0.4, -0.2) is 52.6 Å². The second kappa shape index (κ2) is 6.82. The smallest absolute Gasteiger partial charge is 0.325 e. The Kier molecular flexibility index (Phi) is 4.59. The van der Waals surface area contributed by atoms with Gasteiger partial charge < -0.3 is 5.32 Å². The third kappa shape index (κ3) is 3.15. The highest BCUT2D eigenvalue weighted by Gasteiger charge is 2.39. The molecule has 1 atom stereocenters. The maximum absolute atomic E-state index is 12.4. The third-order valence-electron chi connectivity index (χ3n) is 4.17. The SMILES string of the molecule is CCCC1NC(=O)N(CC(=O)N2CCC(c3ccccc3)=N2)C1=O. The summed E-state index contributed by atoms with van der Waals surface area (Å²) in [6.07, 6.45) is 2.03. The van der Waals surface area contributed by atoms with Gasteiger partial charge in [0.1, 0.15) is 12.6 Å². The molecule has 2 heterocycles. The molecule has 1 fully saturated rings. The predicted octanol–water partition coefficient (Wildman–Crippen LogP) is 1.34. The Balaban J connectivity index is 1.65. The lowest BCUT2D eigenvalue weighted by Crippen LogP contribution is -2.41. The van der Waals surface area contributed by atoms with Gasteiger partial charge in [-0.05, 0) is 12.0 Å². The quantitative estimate of drug-likeness (QED) is 0.828. The number of carbonyl (C=O) groups is 3. The molecule has 7 nitrogen and oxygen atoms in total. The molecule has 1 aromatic rings. The molecule has 1 unspecified atom stereocenters. The Morgan fingerprint density at radius 3 is 2.75 bits per heavy atom. The summed E-state index contributed by atoms with van der Waals surface area (Å²) >= 11 is 0. The van der Waals surface area contributed by atoms with Gasteiger partial charge in [-0.1, -0.05) is 43.7 Å². The highest BCUT2D eigenvalue weighted by Crippen LogP contribution is 2.16. The maximum Gasteiger partial charge on any atom is 0.325 e. The predicted molar refractivity (Wildman–Crippen MR) is 88.2 cm³/mol. The number of nitrogens with zero attached hydrogens (tertiary/aromatic N) is 3. The molecule has 0 aromatic heterocycles. The summed E-state index contributed by atoms with van der Waals surface area (Å²) in [6.45, 7) is 2.14. The molecule has 2 aliphatic heterocycles. The van der Waals surface area contributed by atoms with Crippen molar-refractivity contribution < 1.29 is 14.4 Å². The zero-order valence-electron chi connectivity index (χ0n) is 13.6. The first-order chi connectivity index (χ1) is 11.6. The summed E-state index contributed by atoms with van der Waals surface area (Å²) in [5.74, 6) is -0.678. The Morgan fingerprint density at radius 2 is 2.04 bits per heavy atom. The van der Waals surface area contributed by atoms with Crippen molar-refractivity contribution in [1.82, 2.24) is 15.2 Å². The van der Waals surface area contributed by atoms with E-state index in [1.807, 2.05) is 37.3 Å². The minimum Gasteiger partial charge on any atom is -0.326 e. The molecule has 126 valence electrons. The number of hydrogen-bond donors (Lipinski definition) is 1. The first-order valence-corrected chi connectivity index (χ1v) is 8.15. The van der Waals surface area contributed by atoms with E-state index in [4.69, 9.17) is 0 Å². The summed E-state index contributed by atoms with van der Waals surface area (Å²) in [7, 11) is 0. The van der Waals surface area contributed by atoms with Crippen molar-refractivity contribution in [3.05, 3.63) is 35.9 Å². The van der Waals surface area contributed by atoms with Crippen molar-refractivity contribution in [2.24, 2.45) is 5.10 Å². The van der Waals surface area contributed by atoms with E-state index >= 15 is 0 Å². The van der Waals surface area contributed by atoms with Crippen LogP contribution in [0.25, 0.3) is 0 Å². The van der Waals surface area contributed by atoms with E-state index in [2.05, 4.69) is 10.4 Å². The molecule has 1 aromatic carbocycles. The molecule has 0 aliphatic carbocycles. The maximum atomic E-state index is 12.4. The minimum atomic E-state index is -0.516. The number of nitrogens with one attached hydrogen (secondary N) is 1. The molecule has 0 saturated carbocycles. The van der Waals surface area contributed by atoms with Gasteiger partial charge in [0, 0.05) is 6.42 Å². The standard InChI is InChI=1S/C17H20N4O3/c1-2-6-14-16(23)20(17(24)18-14)11-15(22)21-10-9-13(19-21)12-7-4-3-5-8-12/h3-5,7-8,14H,2,6,9-11H2,1H3,(H,18,24). The lowest BCUT2D eigenvalue weighted by molar-refractivity contribution is -0.137. The average molecular weight is 328 g/mol. The van der Waals surface area contributed by atoms with Crippen molar-refractivity contribution in [3.63, 3.8) is 0 Å². The number of amides is 4. The summed E-state index contributed by atoms with van der Waals surface area (Å²) in [5.41, 5.74) is 1.82. The molecule has 0 radical (unpaired) electrons. The second-order valence-electron chi connectivity index (χ2n) is 5.89. The summed E-state index contributed by atoms with van der Waals surface area (Å²) in [4.78, 5) is 37.4. The number of rotatable bonds is 5. The van der Waals surface area contributed by atoms with Crippen molar-refractivity contribution in [2.45, 2.75) is 32.2 Å². The van der Waals surface area contributed by atoms with Crippen LogP contribution < -0.4 is 5.32 Å². The highest BCUT2D eigenvalue weighted by molar-refractivity contribution is 6.07. The van der Waals surface area contributed by atoms with Crippen LogP contribution in [0.3, 0.4) is 0 Å². The van der Waals surface area contributed by atoms with Gasteiger partial charge in [0.15, 0.2) is 0 Å². The van der Waals surface area contributed by atoms with Gasteiger partial charge in [-0.25, -0.2) is 9.80 Å². The van der Waals surface area contributed by atoms with Gasteiger partial charge in [0.25, 0.3) is 11.8 Å². The molecule has 7 heteroatoms. The van der Waals surface area contributed by atoms with Gasteiger partial charge in [0.05, 0.1) is 12.3 Å². The lowest BCUT2D eigenvalue weighted by Gasteiger charge is -2.16. The molecule has 24 heavy (non-hydrogen) atoms. The zero-order chi connectivity index (χ0) is 17.1. The molecule has 1 N–H and O–H groups in total. The number of urea groups is 1. The fraction of sp³-hybridized carbons (Fsp3) is 0.412. The Morgan fingerprint density at radius 1 is 1.29 bits per heavy atom. The summed E-state index contributed by atoms with van der Waals surface area (Å²) in [6, 6.07) is 8.63. The van der Waals surface area contributed by atoms with E-state index in [9.17, 15) is 14.4 Å². The van der Waals surface area contributed by atoms with E-state index in [1.165, 1.54) is 5.01 Å². The van der Waals surface area contributed by atoms with Crippen LogP contribution >= 0.6 is 0 Å². The first-order valence-electron chi connectivity index (χ1n) is 8.15. The molecule has 0 spiro atoms. The molecule has 4 amide bonds. The van der Waals surface area contributed by atoms with Crippen LogP contribution in [-0.2, 0) is 9.59 Å². The molecular weight excluding hydrogens is 308 g/mol. The summed E-state index contributed by atoms with van der Waals surface area (Å²) in [5, 5.41) is 8.30. The number of hydrogen-bond acceptors (Lipinski definition) is 4. The Bertz CT molecular complexity index is 686. The number of benzene rings is 1. The largest absolute Gasteiger partial charge is 0.326 e. The van der Waals surface area contributed by atoms with Gasteiger partial charge in [-0.3, -0.25) is 14.5 Å². The van der Waals surface area contributed by atoms with E-state index < -0.39 is 12.1 Å². The van der Waals surface area contributed by atoms with Gasteiger partial charge in [0.2, 0.25) is 0 Å². The third-order valence-corrected chi connectivity index (χ3v) is 4.17. The molecule has 3 rings (SSSR count). The van der Waals surface area contributed by atoms with Crippen molar-refractivity contribution in [3.8, 4) is 0 Å². The van der Waals surface area contributed by atoms with Gasteiger partial charge in [-0.15, -0.1) is 0 Å². The second-order valence-corrected chi connectivity index (χ2v) is 5.89. The van der Waals surface area contributed by atoms with Crippen molar-refractivity contribution in [1.29, 1.82) is 0 Å². The zero-order valence-corrected chi connectivity index (χ0v) is 13.6. The average Bonchev–Trinajstić information content (AvgIpc) is 3.17. The van der Waals surface area contributed by atoms with Crippen LogP contribution in [0.15, 0.2) is 35.4 Å². The molecule has 2 aliphatic rings. The monoisotopic (exact) mass is 328 g/mol. The number of imide groups is 1. The Labute approximate surface area is 140 Å². The molecular formula is C17H20N4O3. The van der Waals surface area contributed by atoms with Crippen LogP contribution in [0, 0.1) is 0 Å². The van der Waals surface area contributed by atoms with E-state index in [-0.39, 0.29) is 18.4 Å². The highest BCUT2D eigenvalue weighted by atomic mass is 16.2. The van der Waals surface area contributed by atoms with Gasteiger partial charge >= 0.3 is 6.03 Å². The normalized spacial score (nSPS) is 20.4. The van der Waals surface area contributed by atoms with Crippen LogP contribution in [0.2, 0.25) is 0 Å². The number of hydrazone groups is 1. The van der Waals surface area contributed by atoms with Crippen LogP contribution in [0.1, 0.15) is 31.7 Å². The number of carbonyl (C=O) groups excluding carboxylic acids is 3. The molecule has 0 bridgehead atoms. The summed E-state index contributed by atoms with van der Waals surface area (Å²) < 4.78 is 0. The molecule has 1 saturated heterocycles. The topological polar surface area (TPSA) is 82.1 Å². The van der Waals surface area contributed by atoms with Crippen LogP contribution in [0.5, 0.6) is 0 Å². The minimum absolute atomic E-state index is 0.267. The Hall–Kier alpha value is -2.70. The fourth-order valence-electron chi connectivity index (χ4n) is 2.90. The van der Waals surface area contributed by atoms with Crippen LogP contribution in [0.4, 0.5) is 4.79 Å². The van der Waals surface area contributed by atoms with Crippen molar-refractivity contribution >= 4 is 23.6 Å². The fourth-order valence-corrected chi connectivity index (χ4v) is 2.90. The van der Waals surface area contributed by atoms with E-state index in [0.29, 0.717) is 19.4 Å². The lowest BCUT2D eigenvalue weighted by atomic mass is 10.1.